The van der Waals surface area contributed by atoms with E-state index in [1.54, 1.807) is 0 Å². The summed E-state index contributed by atoms with van der Waals surface area (Å²) in [6.45, 7) is 6.27. The molecular formula is C24H42N4O2. The van der Waals surface area contributed by atoms with Gasteiger partial charge in [0.1, 0.15) is 0 Å². The number of rotatable bonds is 5. The molecule has 0 unspecified atom stereocenters. The highest BCUT2D eigenvalue weighted by molar-refractivity contribution is 5.79. The summed E-state index contributed by atoms with van der Waals surface area (Å²) < 4.78 is 0. The molecule has 4 aliphatic rings. The summed E-state index contributed by atoms with van der Waals surface area (Å²) in [4.78, 5) is 32.3. The summed E-state index contributed by atoms with van der Waals surface area (Å²) >= 11 is 0. The van der Waals surface area contributed by atoms with Crippen LogP contribution in [0.2, 0.25) is 0 Å². The van der Waals surface area contributed by atoms with E-state index in [1.807, 2.05) is 0 Å². The first-order valence-corrected chi connectivity index (χ1v) is 12.7. The number of nitrogens with zero attached hydrogens (tertiary/aromatic N) is 3. The van der Waals surface area contributed by atoms with Gasteiger partial charge in [0, 0.05) is 57.3 Å². The Kier molecular flexibility index (Phi) is 8.05. The first-order valence-electron chi connectivity index (χ1n) is 12.7. The summed E-state index contributed by atoms with van der Waals surface area (Å²) in [6.07, 6.45) is 14.6. The van der Waals surface area contributed by atoms with Gasteiger partial charge in [0.15, 0.2) is 0 Å². The van der Waals surface area contributed by atoms with Crippen molar-refractivity contribution in [3.05, 3.63) is 0 Å². The van der Waals surface area contributed by atoms with E-state index in [-0.39, 0.29) is 11.8 Å². The predicted octanol–water partition coefficient (Wildman–Crippen LogP) is 2.62. The van der Waals surface area contributed by atoms with E-state index < -0.39 is 0 Å². The lowest BCUT2D eigenvalue weighted by atomic mass is 9.88. The third kappa shape index (κ3) is 5.97. The number of likely N-dealkylation sites (tertiary alicyclic amines) is 1. The molecule has 4 rings (SSSR count). The highest BCUT2D eigenvalue weighted by Gasteiger charge is 2.29. The van der Waals surface area contributed by atoms with Crippen molar-refractivity contribution >= 4 is 11.8 Å². The Morgan fingerprint density at radius 3 is 1.93 bits per heavy atom. The number of carbonyl (C=O) groups excluding carboxylic acids is 2. The largest absolute Gasteiger partial charge is 0.353 e. The highest BCUT2D eigenvalue weighted by Crippen LogP contribution is 2.25. The summed E-state index contributed by atoms with van der Waals surface area (Å²) in [5.41, 5.74) is 0. The maximum absolute atomic E-state index is 12.8. The molecule has 0 atom stereocenters. The lowest BCUT2D eigenvalue weighted by Crippen LogP contribution is -2.55. The Bertz CT molecular complexity index is 556. The number of amides is 2. The molecule has 6 heteroatoms. The monoisotopic (exact) mass is 418 g/mol. The zero-order chi connectivity index (χ0) is 20.8. The first kappa shape index (κ1) is 22.1. The van der Waals surface area contributed by atoms with Crippen molar-refractivity contribution in [1.29, 1.82) is 0 Å². The molecule has 0 bridgehead atoms. The third-order valence-corrected chi connectivity index (χ3v) is 8.03. The Morgan fingerprint density at radius 2 is 1.30 bits per heavy atom. The first-order chi connectivity index (χ1) is 14.7. The molecule has 170 valence electrons. The van der Waals surface area contributed by atoms with Crippen LogP contribution in [0.5, 0.6) is 0 Å². The van der Waals surface area contributed by atoms with Crippen molar-refractivity contribution in [2.45, 2.75) is 89.1 Å². The second-order valence-electron chi connectivity index (χ2n) is 10.1. The molecule has 1 N–H and O–H groups in total. The van der Waals surface area contributed by atoms with Crippen LogP contribution in [-0.2, 0) is 9.59 Å². The smallest absolute Gasteiger partial charge is 0.236 e. The Labute approximate surface area is 182 Å². The Hall–Kier alpha value is -1.14. The van der Waals surface area contributed by atoms with Gasteiger partial charge in [-0.1, -0.05) is 38.5 Å². The van der Waals surface area contributed by atoms with E-state index in [1.165, 1.54) is 51.4 Å². The molecule has 30 heavy (non-hydrogen) atoms. The van der Waals surface area contributed by atoms with Crippen LogP contribution >= 0.6 is 0 Å². The SMILES string of the molecule is O=C(NC1CCN(CC(=O)N2CCN(C3CCCCC3)CC2)CC1)C1CCCCC1. The van der Waals surface area contributed by atoms with Gasteiger partial charge in [-0.05, 0) is 38.5 Å². The minimum Gasteiger partial charge on any atom is -0.353 e. The van der Waals surface area contributed by atoms with Gasteiger partial charge >= 0.3 is 0 Å². The van der Waals surface area contributed by atoms with Crippen molar-refractivity contribution in [1.82, 2.24) is 20.0 Å². The summed E-state index contributed by atoms with van der Waals surface area (Å²) in [7, 11) is 0. The summed E-state index contributed by atoms with van der Waals surface area (Å²) in [5.74, 6) is 0.814. The van der Waals surface area contributed by atoms with Crippen molar-refractivity contribution in [2.75, 3.05) is 45.8 Å². The number of carbonyl (C=O) groups is 2. The molecule has 0 aromatic heterocycles. The van der Waals surface area contributed by atoms with Gasteiger partial charge < -0.3 is 10.2 Å². The fraction of sp³-hybridized carbons (Fsp3) is 0.917. The molecule has 0 radical (unpaired) electrons. The lowest BCUT2D eigenvalue weighted by molar-refractivity contribution is -0.135. The van der Waals surface area contributed by atoms with E-state index >= 15 is 0 Å². The predicted molar refractivity (Wildman–Crippen MR) is 119 cm³/mol. The van der Waals surface area contributed by atoms with Gasteiger partial charge in [0.05, 0.1) is 6.54 Å². The maximum atomic E-state index is 12.8. The molecule has 2 heterocycles. The molecule has 2 saturated carbocycles. The summed E-state index contributed by atoms with van der Waals surface area (Å²) in [5, 5.41) is 3.30. The van der Waals surface area contributed by atoms with Gasteiger partial charge in [-0.3, -0.25) is 19.4 Å². The van der Waals surface area contributed by atoms with Crippen molar-refractivity contribution in [3.63, 3.8) is 0 Å². The van der Waals surface area contributed by atoms with E-state index in [0.29, 0.717) is 18.5 Å². The molecule has 0 aromatic carbocycles. The van der Waals surface area contributed by atoms with Gasteiger partial charge in [0.2, 0.25) is 11.8 Å². The average Bonchev–Trinajstić information content (AvgIpc) is 2.81. The minimum absolute atomic E-state index is 0.241. The van der Waals surface area contributed by atoms with E-state index in [2.05, 4.69) is 20.0 Å². The second kappa shape index (κ2) is 10.9. The van der Waals surface area contributed by atoms with E-state index in [9.17, 15) is 9.59 Å². The van der Waals surface area contributed by atoms with Crippen LogP contribution < -0.4 is 5.32 Å². The van der Waals surface area contributed by atoms with Crippen LogP contribution in [0, 0.1) is 5.92 Å². The quantitative estimate of drug-likeness (QED) is 0.746. The number of piperidine rings is 1. The average molecular weight is 419 g/mol. The fourth-order valence-electron chi connectivity index (χ4n) is 5.99. The van der Waals surface area contributed by atoms with Crippen molar-refractivity contribution in [3.8, 4) is 0 Å². The van der Waals surface area contributed by atoms with Crippen LogP contribution in [0.15, 0.2) is 0 Å². The number of nitrogens with one attached hydrogen (secondary N) is 1. The fourth-order valence-corrected chi connectivity index (χ4v) is 5.99. The molecule has 2 amide bonds. The van der Waals surface area contributed by atoms with Crippen LogP contribution in [-0.4, -0.2) is 84.4 Å². The Morgan fingerprint density at radius 1 is 0.700 bits per heavy atom. The van der Waals surface area contributed by atoms with Gasteiger partial charge in [-0.2, -0.15) is 0 Å². The molecule has 2 aliphatic heterocycles. The molecule has 0 spiro atoms. The van der Waals surface area contributed by atoms with Crippen LogP contribution in [0.1, 0.15) is 77.0 Å². The van der Waals surface area contributed by atoms with Crippen molar-refractivity contribution < 1.29 is 9.59 Å². The normalized spacial score (nSPS) is 26.6. The Balaban J connectivity index is 1.13. The van der Waals surface area contributed by atoms with Crippen molar-refractivity contribution in [2.24, 2.45) is 5.92 Å². The molecule has 2 aliphatic carbocycles. The molecule has 2 saturated heterocycles. The second-order valence-corrected chi connectivity index (χ2v) is 10.1. The zero-order valence-corrected chi connectivity index (χ0v) is 18.8. The lowest BCUT2D eigenvalue weighted by Gasteiger charge is -2.41. The molecule has 0 aromatic rings. The third-order valence-electron chi connectivity index (χ3n) is 8.03. The molecular weight excluding hydrogens is 376 g/mol. The number of piperazine rings is 1. The zero-order valence-electron chi connectivity index (χ0n) is 18.8. The maximum Gasteiger partial charge on any atom is 0.236 e. The van der Waals surface area contributed by atoms with Gasteiger partial charge in [-0.15, -0.1) is 0 Å². The van der Waals surface area contributed by atoms with Crippen LogP contribution in [0.4, 0.5) is 0 Å². The van der Waals surface area contributed by atoms with Crippen LogP contribution in [0.3, 0.4) is 0 Å². The van der Waals surface area contributed by atoms with E-state index in [0.717, 1.165) is 71.0 Å². The standard InChI is InChI=1S/C24H42N4O2/c29-23(28-17-15-27(16-18-28)22-9-5-2-6-10-22)19-26-13-11-21(12-14-26)25-24(30)20-7-3-1-4-8-20/h20-22H,1-19H2,(H,25,30). The van der Waals surface area contributed by atoms with Crippen LogP contribution in [0.25, 0.3) is 0 Å². The minimum atomic E-state index is 0.241. The van der Waals surface area contributed by atoms with Gasteiger partial charge in [-0.25, -0.2) is 0 Å². The number of hydrogen-bond acceptors (Lipinski definition) is 4. The highest BCUT2D eigenvalue weighted by atomic mass is 16.2. The summed E-state index contributed by atoms with van der Waals surface area (Å²) in [6, 6.07) is 1.06. The van der Waals surface area contributed by atoms with Gasteiger partial charge in [0.25, 0.3) is 0 Å². The topological polar surface area (TPSA) is 55.9 Å². The molecule has 6 nitrogen and oxygen atoms in total. The molecule has 4 fully saturated rings. The van der Waals surface area contributed by atoms with E-state index in [4.69, 9.17) is 0 Å². The number of hydrogen-bond donors (Lipinski definition) is 1.